The van der Waals surface area contributed by atoms with E-state index in [4.69, 9.17) is 0 Å². The van der Waals surface area contributed by atoms with Gasteiger partial charge in [-0.25, -0.2) is 4.68 Å². The van der Waals surface area contributed by atoms with Crippen LogP contribution in [0.3, 0.4) is 0 Å². The normalized spacial score (nSPS) is 17.0. The average molecular weight is 368 g/mol. The Morgan fingerprint density at radius 2 is 2.00 bits per heavy atom. The molecule has 0 radical (unpaired) electrons. The minimum Gasteiger partial charge on any atom is -0.376 e. The number of aryl methyl sites for hydroxylation is 1. The zero-order valence-corrected chi connectivity index (χ0v) is 16.2. The van der Waals surface area contributed by atoms with Gasteiger partial charge in [0.15, 0.2) is 0 Å². The zero-order chi connectivity index (χ0) is 19.2. The van der Waals surface area contributed by atoms with Gasteiger partial charge < -0.3 is 9.80 Å². The molecule has 2 aromatic rings. The highest BCUT2D eigenvalue weighted by Gasteiger charge is 2.26. The minimum absolute atomic E-state index is 0.00831. The van der Waals surface area contributed by atoms with Crippen molar-refractivity contribution >= 4 is 11.6 Å². The Kier molecular flexibility index (Phi) is 6.27. The van der Waals surface area contributed by atoms with E-state index in [9.17, 15) is 9.59 Å². The number of hydrogen-bond donors (Lipinski definition) is 0. The summed E-state index contributed by atoms with van der Waals surface area (Å²) in [5, 5.41) is 4.17. The third-order valence-corrected chi connectivity index (χ3v) is 5.21. The summed E-state index contributed by atoms with van der Waals surface area (Å²) in [6, 6.07) is 12.1. The van der Waals surface area contributed by atoms with Gasteiger partial charge >= 0.3 is 0 Å². The van der Waals surface area contributed by atoms with E-state index in [2.05, 4.69) is 29.4 Å². The van der Waals surface area contributed by atoms with E-state index in [1.807, 2.05) is 30.0 Å². The lowest BCUT2D eigenvalue weighted by Gasteiger charge is -2.36. The first kappa shape index (κ1) is 19.1. The average Bonchev–Trinajstić information content (AvgIpc) is 2.68. The second kappa shape index (κ2) is 8.84. The summed E-state index contributed by atoms with van der Waals surface area (Å²) in [6.45, 7) is 0.775. The number of carbonyl (C=O) groups excluding carboxylic acids is 1. The summed E-state index contributed by atoms with van der Waals surface area (Å²) in [7, 11) is 3.72. The SMILES string of the molecule is CN(C)c1cnn(CC(=O)N2CCCC[C@@H]2CCc2ccccc2)c(=O)c1. The molecule has 1 aromatic carbocycles. The van der Waals surface area contributed by atoms with E-state index in [0.717, 1.165) is 44.3 Å². The number of aromatic nitrogens is 2. The maximum atomic E-state index is 12.9. The lowest BCUT2D eigenvalue weighted by molar-refractivity contribution is -0.136. The van der Waals surface area contributed by atoms with E-state index in [1.165, 1.54) is 16.3 Å². The molecule has 27 heavy (non-hydrogen) atoms. The third kappa shape index (κ3) is 4.96. The number of amides is 1. The van der Waals surface area contributed by atoms with Crippen LogP contribution >= 0.6 is 0 Å². The maximum Gasteiger partial charge on any atom is 0.269 e. The van der Waals surface area contributed by atoms with Crippen molar-refractivity contribution in [2.45, 2.75) is 44.7 Å². The van der Waals surface area contributed by atoms with Crippen LogP contribution < -0.4 is 10.5 Å². The topological polar surface area (TPSA) is 58.4 Å². The Bertz CT molecular complexity index is 816. The van der Waals surface area contributed by atoms with E-state index in [1.54, 1.807) is 6.20 Å². The van der Waals surface area contributed by atoms with Gasteiger partial charge in [-0.15, -0.1) is 0 Å². The predicted molar refractivity (Wildman–Crippen MR) is 107 cm³/mol. The molecule has 1 fully saturated rings. The second-order valence-corrected chi connectivity index (χ2v) is 7.37. The summed E-state index contributed by atoms with van der Waals surface area (Å²) in [5.41, 5.74) is 1.79. The summed E-state index contributed by atoms with van der Waals surface area (Å²) < 4.78 is 1.26. The Morgan fingerprint density at radius 1 is 1.22 bits per heavy atom. The molecule has 0 unspecified atom stereocenters. The lowest BCUT2D eigenvalue weighted by Crippen LogP contribution is -2.46. The second-order valence-electron chi connectivity index (χ2n) is 7.37. The fourth-order valence-corrected chi connectivity index (χ4v) is 3.61. The number of rotatable bonds is 6. The van der Waals surface area contributed by atoms with Gasteiger partial charge in [0.25, 0.3) is 5.56 Å². The van der Waals surface area contributed by atoms with Gasteiger partial charge in [0, 0.05) is 32.7 Å². The molecule has 144 valence electrons. The number of anilines is 1. The standard InChI is InChI=1S/C21H28N4O2/c1-23(2)19-14-20(26)25(22-15-19)16-21(27)24-13-7-6-10-18(24)12-11-17-8-4-3-5-9-17/h3-5,8-9,14-15,18H,6-7,10-13,16H2,1-2H3/t18-/m1/s1. The first-order valence-electron chi connectivity index (χ1n) is 9.62. The van der Waals surface area contributed by atoms with Gasteiger partial charge in [-0.2, -0.15) is 5.10 Å². The van der Waals surface area contributed by atoms with Gasteiger partial charge in [0.2, 0.25) is 5.91 Å². The first-order chi connectivity index (χ1) is 13.0. The Hall–Kier alpha value is -2.63. The molecule has 0 bridgehead atoms. The molecule has 0 spiro atoms. The molecule has 6 heteroatoms. The van der Waals surface area contributed by atoms with Crippen molar-refractivity contribution in [2.24, 2.45) is 0 Å². The summed E-state index contributed by atoms with van der Waals surface area (Å²) in [4.78, 5) is 28.9. The number of hydrogen-bond acceptors (Lipinski definition) is 4. The Balaban J connectivity index is 1.65. The molecule has 3 rings (SSSR count). The molecule has 1 aliphatic heterocycles. The lowest BCUT2D eigenvalue weighted by atomic mass is 9.95. The van der Waals surface area contributed by atoms with Crippen LogP contribution in [0.15, 0.2) is 47.4 Å². The molecule has 1 saturated heterocycles. The van der Waals surface area contributed by atoms with Crippen LogP contribution in [0, 0.1) is 0 Å². The van der Waals surface area contributed by atoms with Crippen molar-refractivity contribution in [1.29, 1.82) is 0 Å². The molecule has 1 aliphatic rings. The quantitative estimate of drug-likeness (QED) is 0.785. The first-order valence-corrected chi connectivity index (χ1v) is 9.62. The van der Waals surface area contributed by atoms with Crippen LogP contribution in [0.5, 0.6) is 0 Å². The van der Waals surface area contributed by atoms with Crippen molar-refractivity contribution in [3.05, 3.63) is 58.5 Å². The Labute approximate surface area is 160 Å². The molecule has 0 N–H and O–H groups in total. The molecule has 1 amide bonds. The fourth-order valence-electron chi connectivity index (χ4n) is 3.61. The molecule has 6 nitrogen and oxygen atoms in total. The zero-order valence-electron chi connectivity index (χ0n) is 16.2. The fraction of sp³-hybridized carbons (Fsp3) is 0.476. The smallest absolute Gasteiger partial charge is 0.269 e. The van der Waals surface area contributed by atoms with E-state index >= 15 is 0 Å². The van der Waals surface area contributed by atoms with Crippen LogP contribution in [0.25, 0.3) is 0 Å². The summed E-state index contributed by atoms with van der Waals surface area (Å²) in [6.07, 6.45) is 6.75. The van der Waals surface area contributed by atoms with E-state index in [0.29, 0.717) is 0 Å². The molecule has 0 aliphatic carbocycles. The van der Waals surface area contributed by atoms with Gasteiger partial charge in [-0.3, -0.25) is 9.59 Å². The van der Waals surface area contributed by atoms with E-state index in [-0.39, 0.29) is 24.1 Å². The number of benzene rings is 1. The number of nitrogens with zero attached hydrogens (tertiary/aromatic N) is 4. The van der Waals surface area contributed by atoms with Crippen molar-refractivity contribution in [3.63, 3.8) is 0 Å². The molecule has 1 aromatic heterocycles. The summed E-state index contributed by atoms with van der Waals surface area (Å²) >= 11 is 0. The van der Waals surface area contributed by atoms with Gasteiger partial charge in [0.05, 0.1) is 11.9 Å². The monoisotopic (exact) mass is 368 g/mol. The van der Waals surface area contributed by atoms with Crippen LogP contribution in [0.1, 0.15) is 31.2 Å². The van der Waals surface area contributed by atoms with Crippen LogP contribution in [-0.2, 0) is 17.8 Å². The summed E-state index contributed by atoms with van der Waals surface area (Å²) in [5.74, 6) is -0.0139. The Morgan fingerprint density at radius 3 is 2.70 bits per heavy atom. The third-order valence-electron chi connectivity index (χ3n) is 5.21. The highest BCUT2D eigenvalue weighted by atomic mass is 16.2. The van der Waals surface area contributed by atoms with Crippen molar-refractivity contribution in [1.82, 2.24) is 14.7 Å². The number of carbonyl (C=O) groups is 1. The number of piperidine rings is 1. The molecular formula is C21H28N4O2. The van der Waals surface area contributed by atoms with Crippen LogP contribution in [0.2, 0.25) is 0 Å². The van der Waals surface area contributed by atoms with E-state index < -0.39 is 0 Å². The molecular weight excluding hydrogens is 340 g/mol. The highest BCUT2D eigenvalue weighted by Crippen LogP contribution is 2.22. The minimum atomic E-state index is -0.243. The predicted octanol–water partition coefficient (Wildman–Crippen LogP) is 2.32. The molecule has 0 saturated carbocycles. The van der Waals surface area contributed by atoms with Crippen LogP contribution in [-0.4, -0.2) is 47.3 Å². The van der Waals surface area contributed by atoms with Gasteiger partial charge in [-0.1, -0.05) is 30.3 Å². The number of likely N-dealkylation sites (tertiary alicyclic amines) is 1. The van der Waals surface area contributed by atoms with Gasteiger partial charge in [0.1, 0.15) is 6.54 Å². The highest BCUT2D eigenvalue weighted by molar-refractivity contribution is 5.76. The van der Waals surface area contributed by atoms with Crippen LogP contribution in [0.4, 0.5) is 5.69 Å². The maximum absolute atomic E-state index is 12.9. The molecule has 2 heterocycles. The van der Waals surface area contributed by atoms with Crippen molar-refractivity contribution in [2.75, 3.05) is 25.5 Å². The van der Waals surface area contributed by atoms with Gasteiger partial charge in [-0.05, 0) is 37.7 Å². The molecule has 1 atom stereocenters. The van der Waals surface area contributed by atoms with Crippen molar-refractivity contribution < 1.29 is 4.79 Å². The largest absolute Gasteiger partial charge is 0.376 e. The van der Waals surface area contributed by atoms with Crippen molar-refractivity contribution in [3.8, 4) is 0 Å².